The zero-order valence-corrected chi connectivity index (χ0v) is 11.0. The van der Waals surface area contributed by atoms with Gasteiger partial charge in [-0.25, -0.2) is 0 Å². The van der Waals surface area contributed by atoms with E-state index in [0.29, 0.717) is 5.46 Å². The Morgan fingerprint density at radius 2 is 2.25 bits per heavy atom. The van der Waals surface area contributed by atoms with Gasteiger partial charge in [0.15, 0.2) is 0 Å². The Bertz CT molecular complexity index is 585. The summed E-state index contributed by atoms with van der Waals surface area (Å²) in [5, 5.41) is 23.1. The van der Waals surface area contributed by atoms with Gasteiger partial charge in [-0.15, -0.1) is 0 Å². The van der Waals surface area contributed by atoms with E-state index in [4.69, 9.17) is 4.74 Å². The summed E-state index contributed by atoms with van der Waals surface area (Å²) >= 11 is 0. The molecule has 3 heterocycles. The van der Waals surface area contributed by atoms with E-state index in [2.05, 4.69) is 10.1 Å². The average Bonchev–Trinajstić information content (AvgIpc) is 2.98. The van der Waals surface area contributed by atoms with Crippen LogP contribution in [0, 0.1) is 0 Å². The number of ether oxygens (including phenoxy) is 1. The summed E-state index contributed by atoms with van der Waals surface area (Å²) in [5.74, 6) is 0. The first-order valence-electron chi connectivity index (χ1n) is 6.72. The van der Waals surface area contributed by atoms with Crippen LogP contribution in [0.25, 0.3) is 11.0 Å². The van der Waals surface area contributed by atoms with Gasteiger partial charge in [-0.2, -0.15) is 0 Å². The van der Waals surface area contributed by atoms with Crippen LogP contribution in [-0.4, -0.2) is 45.4 Å². The Morgan fingerprint density at radius 3 is 3.00 bits per heavy atom. The van der Waals surface area contributed by atoms with Gasteiger partial charge in [0.25, 0.3) is 0 Å². The van der Waals surface area contributed by atoms with E-state index in [1.54, 1.807) is 23.9 Å². The second kappa shape index (κ2) is 5.87. The van der Waals surface area contributed by atoms with Gasteiger partial charge in [0.05, 0.1) is 0 Å². The predicted molar refractivity (Wildman–Crippen MR) is 75.5 cm³/mol. The van der Waals surface area contributed by atoms with Gasteiger partial charge < -0.3 is 0 Å². The first-order chi connectivity index (χ1) is 9.75. The van der Waals surface area contributed by atoms with Gasteiger partial charge in [0.2, 0.25) is 0 Å². The van der Waals surface area contributed by atoms with E-state index in [9.17, 15) is 10.0 Å². The summed E-state index contributed by atoms with van der Waals surface area (Å²) < 4.78 is 7.47. The molecule has 1 saturated heterocycles. The molecule has 6 nitrogen and oxygen atoms in total. The number of hydrogen-bond acceptors (Lipinski definition) is 5. The molecule has 1 fully saturated rings. The molecule has 1 aliphatic rings. The van der Waals surface area contributed by atoms with Crippen molar-refractivity contribution in [2.75, 3.05) is 6.61 Å². The first kappa shape index (κ1) is 13.5. The van der Waals surface area contributed by atoms with Crippen LogP contribution in [0.4, 0.5) is 0 Å². The van der Waals surface area contributed by atoms with E-state index in [1.807, 2.05) is 6.20 Å². The summed E-state index contributed by atoms with van der Waals surface area (Å²) in [6, 6.07) is 0. The minimum atomic E-state index is -1.55. The van der Waals surface area contributed by atoms with Crippen LogP contribution >= 0.6 is 0 Å². The second-order valence-corrected chi connectivity index (χ2v) is 4.87. The van der Waals surface area contributed by atoms with Crippen LogP contribution in [0.2, 0.25) is 0 Å². The fourth-order valence-electron chi connectivity index (χ4n) is 2.44. The minimum absolute atomic E-state index is 0.0261. The summed E-state index contributed by atoms with van der Waals surface area (Å²) in [6.45, 7) is 2.51. The first-order valence-corrected chi connectivity index (χ1v) is 6.72. The summed E-state index contributed by atoms with van der Waals surface area (Å²) in [6.07, 6.45) is 9.81. The molecule has 8 heteroatoms. The van der Waals surface area contributed by atoms with Gasteiger partial charge in [-0.05, 0) is 0 Å². The van der Waals surface area contributed by atoms with Crippen molar-refractivity contribution in [3.8, 4) is 11.0 Å². The Kier molecular flexibility index (Phi) is 3.95. The molecule has 0 spiro atoms. The molecular formula is C12H15B2N3O3. The quantitative estimate of drug-likeness (QED) is 0.746. The molecule has 0 amide bonds. The monoisotopic (exact) mass is 271 g/mol. The van der Waals surface area contributed by atoms with Crippen LogP contribution in [0.5, 0.6) is 0 Å². The van der Waals surface area contributed by atoms with Gasteiger partial charge in [-0.3, -0.25) is 0 Å². The van der Waals surface area contributed by atoms with Crippen molar-refractivity contribution in [1.29, 1.82) is 0 Å². The number of nitrogens with zero attached hydrogens (tertiary/aromatic N) is 3. The van der Waals surface area contributed by atoms with Crippen LogP contribution in [-0.2, 0) is 4.74 Å². The molecule has 0 aromatic carbocycles. The van der Waals surface area contributed by atoms with E-state index in [-0.39, 0.29) is 6.23 Å². The average molecular weight is 271 g/mol. The van der Waals surface area contributed by atoms with E-state index >= 15 is 0 Å². The number of rotatable bonds is 3. The van der Waals surface area contributed by atoms with Crippen molar-refractivity contribution < 1.29 is 14.8 Å². The standard InChI is InChI=1S/C12H15B2N3O3/c18-14(19)10-6-15-8-13-12(10)9-5-16-17(7-9)11-3-1-2-4-20-11/h5-8,11,18-19H,1-4H2. The van der Waals surface area contributed by atoms with E-state index in [0.717, 1.165) is 36.9 Å². The molecule has 2 aromatic rings. The van der Waals surface area contributed by atoms with E-state index < -0.39 is 7.12 Å². The fraction of sp³-hybridized carbons (Fsp3) is 0.417. The third-order valence-corrected chi connectivity index (χ3v) is 3.49. The fourth-order valence-corrected chi connectivity index (χ4v) is 2.44. The van der Waals surface area contributed by atoms with Crippen molar-refractivity contribution in [2.24, 2.45) is 0 Å². The molecule has 0 aliphatic carbocycles. The summed E-state index contributed by atoms with van der Waals surface area (Å²) in [5.41, 5.74) is 1.92. The SMILES string of the molecule is OB(O)c1cncbc1-c1cnn(C2CCCCO2)c1. The number of aromatic nitrogens is 3. The zero-order valence-electron chi connectivity index (χ0n) is 11.0. The van der Waals surface area contributed by atoms with Gasteiger partial charge in [0, 0.05) is 0 Å². The molecule has 1 atom stereocenters. The summed E-state index contributed by atoms with van der Waals surface area (Å²) in [7, 11) is -1.55. The van der Waals surface area contributed by atoms with Gasteiger partial charge >= 0.3 is 117 Å². The Hall–Kier alpha value is -1.50. The molecule has 1 aliphatic heterocycles. The molecular weight excluding hydrogens is 256 g/mol. The van der Waals surface area contributed by atoms with Gasteiger partial charge in [-0.1, -0.05) is 0 Å². The maximum atomic E-state index is 9.39. The number of hydrogen-bond donors (Lipinski definition) is 2. The molecule has 2 aromatic heterocycles. The third-order valence-electron chi connectivity index (χ3n) is 3.49. The Morgan fingerprint density at radius 1 is 1.35 bits per heavy atom. The molecule has 3 rings (SSSR count). The Balaban J connectivity index is 1.90. The van der Waals surface area contributed by atoms with Gasteiger partial charge in [0.1, 0.15) is 0 Å². The van der Waals surface area contributed by atoms with Crippen LogP contribution in [0.1, 0.15) is 25.5 Å². The molecule has 2 N–H and O–H groups in total. The Labute approximate surface area is 117 Å². The third kappa shape index (κ3) is 2.67. The van der Waals surface area contributed by atoms with Crippen molar-refractivity contribution in [1.82, 2.24) is 14.8 Å². The van der Waals surface area contributed by atoms with Crippen LogP contribution in [0.3, 0.4) is 0 Å². The molecule has 102 valence electrons. The zero-order chi connectivity index (χ0) is 13.9. The van der Waals surface area contributed by atoms with Crippen molar-refractivity contribution in [3.05, 3.63) is 24.7 Å². The predicted octanol–water partition coefficient (Wildman–Crippen LogP) is -0.338. The molecule has 20 heavy (non-hydrogen) atoms. The topological polar surface area (TPSA) is 80.4 Å². The van der Waals surface area contributed by atoms with Crippen molar-refractivity contribution in [2.45, 2.75) is 25.5 Å². The molecule has 0 bridgehead atoms. The normalized spacial score (nSPS) is 18.8. The second-order valence-electron chi connectivity index (χ2n) is 4.87. The van der Waals surface area contributed by atoms with Crippen LogP contribution < -0.4 is 5.46 Å². The molecule has 0 saturated carbocycles. The van der Waals surface area contributed by atoms with Crippen molar-refractivity contribution >= 4 is 19.5 Å². The van der Waals surface area contributed by atoms with Crippen molar-refractivity contribution in [3.63, 3.8) is 0 Å². The molecule has 1 unspecified atom stereocenters. The maximum absolute atomic E-state index is 9.39. The summed E-state index contributed by atoms with van der Waals surface area (Å²) in [4.78, 5) is 3.92. The van der Waals surface area contributed by atoms with E-state index in [1.165, 1.54) is 6.20 Å². The van der Waals surface area contributed by atoms with Crippen LogP contribution in [0.15, 0.2) is 24.7 Å². The molecule has 0 radical (unpaired) electrons.